The van der Waals surface area contributed by atoms with E-state index in [9.17, 15) is 14.4 Å². The van der Waals surface area contributed by atoms with Crippen molar-refractivity contribution in [1.82, 2.24) is 4.90 Å². The fraction of sp³-hybridized carbons (Fsp3) is 0.400. The normalized spacial score (nSPS) is 14.0. The molecule has 0 radical (unpaired) electrons. The fourth-order valence-corrected chi connectivity index (χ4v) is 2.88. The summed E-state index contributed by atoms with van der Waals surface area (Å²) in [5.41, 5.74) is 1.74. The van der Waals surface area contributed by atoms with E-state index in [0.29, 0.717) is 12.3 Å². The second-order valence-electron chi connectivity index (χ2n) is 4.76. The summed E-state index contributed by atoms with van der Waals surface area (Å²) in [5, 5.41) is 2.59. The number of hydrogen-bond donors (Lipinski definition) is 1. The Balaban J connectivity index is 1.77. The zero-order valence-electron chi connectivity index (χ0n) is 12.3. The van der Waals surface area contributed by atoms with Crippen LogP contribution < -0.4 is 5.32 Å². The van der Waals surface area contributed by atoms with Gasteiger partial charge in [-0.05, 0) is 18.1 Å². The number of carbonyl (C=O) groups excluding carboxylic acids is 3. The van der Waals surface area contributed by atoms with Crippen LogP contribution >= 0.6 is 11.8 Å². The van der Waals surface area contributed by atoms with Gasteiger partial charge in [0.15, 0.2) is 6.61 Å². The molecular weight excluding hydrogens is 304 g/mol. The highest BCUT2D eigenvalue weighted by Gasteiger charge is 2.24. The summed E-state index contributed by atoms with van der Waals surface area (Å²) in [6.45, 7) is 2.07. The molecule has 0 spiro atoms. The van der Waals surface area contributed by atoms with Crippen molar-refractivity contribution in [2.45, 2.75) is 13.3 Å². The number of amides is 2. The molecular formula is C15H18N2O4S. The number of para-hydroxylation sites is 1. The molecule has 1 N–H and O–H groups in total. The lowest BCUT2D eigenvalue weighted by Crippen LogP contribution is -2.32. The van der Waals surface area contributed by atoms with Crippen LogP contribution in [-0.2, 0) is 20.7 Å². The van der Waals surface area contributed by atoms with E-state index in [0.717, 1.165) is 17.7 Å². The Labute approximate surface area is 133 Å². The van der Waals surface area contributed by atoms with Crippen LogP contribution in [-0.4, -0.2) is 47.5 Å². The molecule has 1 aromatic carbocycles. The summed E-state index contributed by atoms with van der Waals surface area (Å²) >= 11 is 1.18. The number of nitrogens with one attached hydrogen (secondary N) is 1. The standard InChI is InChI=1S/C15H18N2O4S/c1-2-11-5-3-4-6-12(11)16-13(18)10-21-14(19)9-17-7-8-22-15(17)20/h3-6H,2,7-10H2,1H3,(H,16,18). The van der Waals surface area contributed by atoms with Crippen LogP contribution in [0, 0.1) is 0 Å². The number of aryl methyl sites for hydroxylation is 1. The zero-order valence-corrected chi connectivity index (χ0v) is 13.1. The van der Waals surface area contributed by atoms with Crippen molar-refractivity contribution >= 4 is 34.6 Å². The van der Waals surface area contributed by atoms with E-state index in [1.54, 1.807) is 6.07 Å². The van der Waals surface area contributed by atoms with Gasteiger partial charge < -0.3 is 15.0 Å². The molecule has 0 aromatic heterocycles. The predicted octanol–water partition coefficient (Wildman–Crippen LogP) is 1.90. The Morgan fingerprint density at radius 2 is 2.14 bits per heavy atom. The molecule has 6 nitrogen and oxygen atoms in total. The van der Waals surface area contributed by atoms with E-state index in [1.807, 2.05) is 25.1 Å². The summed E-state index contributed by atoms with van der Waals surface area (Å²) in [6.07, 6.45) is 0.797. The van der Waals surface area contributed by atoms with Crippen LogP contribution in [0.4, 0.5) is 10.5 Å². The molecule has 1 aliphatic heterocycles. The first kappa shape index (κ1) is 16.4. The predicted molar refractivity (Wildman–Crippen MR) is 84.8 cm³/mol. The number of anilines is 1. The number of thioether (sulfide) groups is 1. The SMILES string of the molecule is CCc1ccccc1NC(=O)COC(=O)CN1CCSC1=O. The molecule has 0 unspecified atom stereocenters. The highest BCUT2D eigenvalue weighted by Crippen LogP contribution is 2.17. The minimum absolute atomic E-state index is 0.106. The van der Waals surface area contributed by atoms with Gasteiger partial charge in [0.25, 0.3) is 11.1 Å². The zero-order chi connectivity index (χ0) is 15.9. The molecule has 1 aromatic rings. The van der Waals surface area contributed by atoms with Gasteiger partial charge in [0, 0.05) is 18.0 Å². The molecule has 0 aliphatic carbocycles. The highest BCUT2D eigenvalue weighted by molar-refractivity contribution is 8.13. The first-order valence-corrected chi connectivity index (χ1v) is 8.03. The number of esters is 1. The Kier molecular flexibility index (Phi) is 5.83. The lowest BCUT2D eigenvalue weighted by molar-refractivity contribution is -0.147. The lowest BCUT2D eigenvalue weighted by atomic mass is 10.1. The molecule has 0 saturated carbocycles. The lowest BCUT2D eigenvalue weighted by Gasteiger charge is -2.13. The maximum absolute atomic E-state index is 11.8. The van der Waals surface area contributed by atoms with Crippen molar-refractivity contribution in [3.05, 3.63) is 29.8 Å². The summed E-state index contributed by atoms with van der Waals surface area (Å²) in [4.78, 5) is 36.2. The number of benzene rings is 1. The van der Waals surface area contributed by atoms with E-state index in [4.69, 9.17) is 4.74 Å². The van der Waals surface area contributed by atoms with Crippen LogP contribution in [0.15, 0.2) is 24.3 Å². The number of rotatable bonds is 6. The molecule has 118 valence electrons. The molecule has 1 aliphatic rings. The highest BCUT2D eigenvalue weighted by atomic mass is 32.2. The summed E-state index contributed by atoms with van der Waals surface area (Å²) in [6, 6.07) is 7.47. The number of ether oxygens (including phenoxy) is 1. The smallest absolute Gasteiger partial charge is 0.326 e. The Bertz CT molecular complexity index is 576. The Morgan fingerprint density at radius 3 is 2.82 bits per heavy atom. The first-order chi connectivity index (χ1) is 10.6. The molecule has 22 heavy (non-hydrogen) atoms. The van der Waals surface area contributed by atoms with Crippen LogP contribution in [0.5, 0.6) is 0 Å². The van der Waals surface area contributed by atoms with Gasteiger partial charge in [-0.2, -0.15) is 0 Å². The second-order valence-corrected chi connectivity index (χ2v) is 5.80. The largest absolute Gasteiger partial charge is 0.454 e. The number of nitrogens with zero attached hydrogens (tertiary/aromatic N) is 1. The summed E-state index contributed by atoms with van der Waals surface area (Å²) in [7, 11) is 0. The molecule has 1 fully saturated rings. The number of hydrogen-bond acceptors (Lipinski definition) is 5. The van der Waals surface area contributed by atoms with Gasteiger partial charge in [-0.1, -0.05) is 36.9 Å². The third-order valence-corrected chi connectivity index (χ3v) is 4.09. The quantitative estimate of drug-likeness (QED) is 0.810. The summed E-state index contributed by atoms with van der Waals surface area (Å²) in [5.74, 6) is -0.286. The van der Waals surface area contributed by atoms with Crippen LogP contribution in [0.25, 0.3) is 0 Å². The average Bonchev–Trinajstić information content (AvgIpc) is 2.91. The van der Waals surface area contributed by atoms with Crippen LogP contribution in [0.2, 0.25) is 0 Å². The Hall–Kier alpha value is -2.02. The van der Waals surface area contributed by atoms with Crippen molar-refractivity contribution < 1.29 is 19.1 Å². The molecule has 1 heterocycles. The molecule has 2 amide bonds. The van der Waals surface area contributed by atoms with Gasteiger partial charge in [-0.3, -0.25) is 14.4 Å². The monoisotopic (exact) mass is 322 g/mol. The maximum Gasteiger partial charge on any atom is 0.326 e. The molecule has 0 atom stereocenters. The van der Waals surface area contributed by atoms with E-state index < -0.39 is 11.9 Å². The minimum atomic E-state index is -0.574. The van der Waals surface area contributed by atoms with Gasteiger partial charge >= 0.3 is 5.97 Å². The molecule has 2 rings (SSSR count). The third kappa shape index (κ3) is 4.49. The first-order valence-electron chi connectivity index (χ1n) is 7.05. The summed E-state index contributed by atoms with van der Waals surface area (Å²) < 4.78 is 4.91. The fourth-order valence-electron chi connectivity index (χ4n) is 2.05. The minimum Gasteiger partial charge on any atom is -0.454 e. The van der Waals surface area contributed by atoms with Crippen molar-refractivity contribution in [2.24, 2.45) is 0 Å². The van der Waals surface area contributed by atoms with Gasteiger partial charge in [0.05, 0.1) is 0 Å². The molecule has 7 heteroatoms. The van der Waals surface area contributed by atoms with Crippen molar-refractivity contribution in [1.29, 1.82) is 0 Å². The van der Waals surface area contributed by atoms with Crippen molar-refractivity contribution in [3.8, 4) is 0 Å². The van der Waals surface area contributed by atoms with Gasteiger partial charge in [0.1, 0.15) is 6.54 Å². The van der Waals surface area contributed by atoms with E-state index in [1.165, 1.54) is 16.7 Å². The third-order valence-electron chi connectivity index (χ3n) is 3.20. The van der Waals surface area contributed by atoms with Gasteiger partial charge in [-0.25, -0.2) is 0 Å². The van der Waals surface area contributed by atoms with Crippen molar-refractivity contribution in [3.63, 3.8) is 0 Å². The average molecular weight is 322 g/mol. The van der Waals surface area contributed by atoms with Crippen LogP contribution in [0.1, 0.15) is 12.5 Å². The number of carbonyl (C=O) groups is 3. The molecule has 1 saturated heterocycles. The Morgan fingerprint density at radius 1 is 1.36 bits per heavy atom. The van der Waals surface area contributed by atoms with E-state index in [-0.39, 0.29) is 18.4 Å². The molecule has 0 bridgehead atoms. The second kappa shape index (κ2) is 7.84. The van der Waals surface area contributed by atoms with Gasteiger partial charge in [-0.15, -0.1) is 0 Å². The van der Waals surface area contributed by atoms with Gasteiger partial charge in [0.2, 0.25) is 0 Å². The maximum atomic E-state index is 11.8. The van der Waals surface area contributed by atoms with Crippen LogP contribution in [0.3, 0.4) is 0 Å². The van der Waals surface area contributed by atoms with Crippen molar-refractivity contribution in [2.75, 3.05) is 30.8 Å². The van der Waals surface area contributed by atoms with E-state index in [2.05, 4.69) is 5.32 Å². The van der Waals surface area contributed by atoms with E-state index >= 15 is 0 Å². The topological polar surface area (TPSA) is 75.7 Å².